The van der Waals surface area contributed by atoms with E-state index in [0.29, 0.717) is 18.4 Å². The molecule has 1 saturated heterocycles. The van der Waals surface area contributed by atoms with Crippen LogP contribution in [0.1, 0.15) is 10.4 Å². The number of benzene rings is 1. The second-order valence-electron chi connectivity index (χ2n) is 8.58. The van der Waals surface area contributed by atoms with E-state index in [1.807, 2.05) is 0 Å². The Hall–Kier alpha value is -3.08. The first kappa shape index (κ1) is 23.1. The molecule has 2 heterocycles. The van der Waals surface area contributed by atoms with Crippen LogP contribution in [-0.4, -0.2) is 79.6 Å². The van der Waals surface area contributed by atoms with Gasteiger partial charge in [0.1, 0.15) is 5.75 Å². The molecular formula is C22H24F3N3O5. The fraction of sp³-hybridized carbons (Fsp3) is 0.500. The van der Waals surface area contributed by atoms with E-state index >= 15 is 0 Å². The zero-order valence-corrected chi connectivity index (χ0v) is 17.9. The van der Waals surface area contributed by atoms with Gasteiger partial charge < -0.3 is 19.7 Å². The Morgan fingerprint density at radius 1 is 1.27 bits per heavy atom. The number of amides is 2. The van der Waals surface area contributed by atoms with E-state index in [4.69, 9.17) is 4.74 Å². The second-order valence-corrected chi connectivity index (χ2v) is 8.58. The average molecular weight is 467 g/mol. The number of fused-ring (bicyclic) bond motifs is 1. The summed E-state index contributed by atoms with van der Waals surface area (Å²) in [6, 6.07) is 4.95. The highest BCUT2D eigenvalue weighted by Crippen LogP contribution is 2.51. The lowest BCUT2D eigenvalue weighted by molar-refractivity contribution is -0.274. The molecule has 33 heavy (non-hydrogen) atoms. The first-order valence-electron chi connectivity index (χ1n) is 10.6. The molecule has 4 rings (SSSR count). The highest BCUT2D eigenvalue weighted by molar-refractivity contribution is 5.95. The predicted molar refractivity (Wildman–Crippen MR) is 109 cm³/mol. The van der Waals surface area contributed by atoms with Gasteiger partial charge in [-0.15, -0.1) is 13.2 Å². The summed E-state index contributed by atoms with van der Waals surface area (Å²) < 4.78 is 46.1. The van der Waals surface area contributed by atoms with Gasteiger partial charge in [-0.1, -0.05) is 6.07 Å². The monoisotopic (exact) mass is 467 g/mol. The minimum absolute atomic E-state index is 0.0922. The molecule has 3 unspecified atom stereocenters. The Morgan fingerprint density at radius 2 is 2.00 bits per heavy atom. The van der Waals surface area contributed by atoms with Gasteiger partial charge in [-0.05, 0) is 36.0 Å². The molecule has 11 heteroatoms. The zero-order valence-electron chi connectivity index (χ0n) is 17.9. The van der Waals surface area contributed by atoms with Gasteiger partial charge in [0, 0.05) is 38.3 Å². The number of alkyl halides is 3. The van der Waals surface area contributed by atoms with Crippen LogP contribution in [0.2, 0.25) is 0 Å². The fourth-order valence-electron chi connectivity index (χ4n) is 4.49. The van der Waals surface area contributed by atoms with Crippen molar-refractivity contribution < 1.29 is 37.0 Å². The van der Waals surface area contributed by atoms with Crippen LogP contribution >= 0.6 is 0 Å². The Kier molecular flexibility index (Phi) is 6.33. The van der Waals surface area contributed by atoms with Crippen LogP contribution in [0.5, 0.6) is 5.75 Å². The molecule has 1 N–H and O–H groups in total. The van der Waals surface area contributed by atoms with Crippen molar-refractivity contribution in [1.82, 2.24) is 15.1 Å². The molecule has 2 aliphatic heterocycles. The number of ether oxygens (including phenoxy) is 2. The first-order chi connectivity index (χ1) is 15.6. The van der Waals surface area contributed by atoms with E-state index in [1.54, 1.807) is 7.05 Å². The third-order valence-electron chi connectivity index (χ3n) is 6.29. The maximum absolute atomic E-state index is 12.4. The van der Waals surface area contributed by atoms with Gasteiger partial charge in [0.25, 0.3) is 5.91 Å². The Labute approximate surface area is 188 Å². The van der Waals surface area contributed by atoms with Crippen LogP contribution in [0.15, 0.2) is 36.6 Å². The van der Waals surface area contributed by atoms with E-state index < -0.39 is 24.1 Å². The van der Waals surface area contributed by atoms with Crippen LogP contribution in [0.25, 0.3) is 0 Å². The number of halogens is 3. The molecule has 1 aromatic carbocycles. The molecule has 0 radical (unpaired) electrons. The molecule has 1 aromatic rings. The molecule has 8 nitrogen and oxygen atoms in total. The number of nitrogens with one attached hydrogen (secondary N) is 1. The molecule has 3 atom stereocenters. The third-order valence-corrected chi connectivity index (χ3v) is 6.29. The molecule has 3 aliphatic rings. The average Bonchev–Trinajstić information content (AvgIpc) is 3.02. The molecule has 2 amide bonds. The summed E-state index contributed by atoms with van der Waals surface area (Å²) >= 11 is 0. The van der Waals surface area contributed by atoms with Crippen molar-refractivity contribution in [3.8, 4) is 5.75 Å². The van der Waals surface area contributed by atoms with Crippen molar-refractivity contribution in [2.24, 2.45) is 17.8 Å². The lowest BCUT2D eigenvalue weighted by Gasteiger charge is -2.24. The molecule has 2 fully saturated rings. The molecule has 0 spiro atoms. The summed E-state index contributed by atoms with van der Waals surface area (Å²) in [6.45, 7) is 2.35. The van der Waals surface area contributed by atoms with Crippen molar-refractivity contribution in [3.05, 3.63) is 42.2 Å². The Morgan fingerprint density at radius 3 is 2.64 bits per heavy atom. The number of hydrogen-bond acceptors (Lipinski definition) is 6. The lowest BCUT2D eigenvalue weighted by atomic mass is 10.2. The summed E-state index contributed by atoms with van der Waals surface area (Å²) in [7, 11) is 1.64. The van der Waals surface area contributed by atoms with Crippen LogP contribution in [0, 0.1) is 17.8 Å². The number of carbonyl (C=O) groups excluding carboxylic acids is 3. The first-order valence-corrected chi connectivity index (χ1v) is 10.6. The summed E-state index contributed by atoms with van der Waals surface area (Å²) in [5.74, 6) is -0.127. The largest absolute Gasteiger partial charge is 0.573 e. The van der Waals surface area contributed by atoms with E-state index in [-0.39, 0.29) is 36.3 Å². The number of ketones is 1. The summed E-state index contributed by atoms with van der Waals surface area (Å²) in [4.78, 5) is 39.9. The van der Waals surface area contributed by atoms with Gasteiger partial charge in [-0.2, -0.15) is 0 Å². The van der Waals surface area contributed by atoms with Crippen LogP contribution in [-0.2, 0) is 14.3 Å². The van der Waals surface area contributed by atoms with Gasteiger partial charge in [-0.3, -0.25) is 19.3 Å². The molecule has 1 aliphatic carbocycles. The minimum Gasteiger partial charge on any atom is -0.488 e. The molecular weight excluding hydrogens is 443 g/mol. The predicted octanol–water partition coefficient (Wildman–Crippen LogP) is 1.43. The fourth-order valence-corrected chi connectivity index (χ4v) is 4.49. The van der Waals surface area contributed by atoms with Crippen LogP contribution < -0.4 is 10.1 Å². The van der Waals surface area contributed by atoms with Crippen molar-refractivity contribution >= 4 is 17.6 Å². The summed E-state index contributed by atoms with van der Waals surface area (Å²) in [5, 5.41) is 2.78. The topological polar surface area (TPSA) is 88.2 Å². The number of carbonyl (C=O) groups is 3. The second kappa shape index (κ2) is 9.05. The Bertz CT molecular complexity index is 955. The van der Waals surface area contributed by atoms with E-state index in [2.05, 4.69) is 15.0 Å². The van der Waals surface area contributed by atoms with Crippen LogP contribution in [0.3, 0.4) is 0 Å². The van der Waals surface area contributed by atoms with E-state index in [0.717, 1.165) is 25.2 Å². The van der Waals surface area contributed by atoms with E-state index in [9.17, 15) is 27.6 Å². The maximum Gasteiger partial charge on any atom is 0.573 e. The highest BCUT2D eigenvalue weighted by atomic mass is 19.4. The smallest absolute Gasteiger partial charge is 0.488 e. The van der Waals surface area contributed by atoms with Gasteiger partial charge in [0.2, 0.25) is 11.7 Å². The summed E-state index contributed by atoms with van der Waals surface area (Å²) in [5.41, 5.74) is 0.0951. The van der Waals surface area contributed by atoms with E-state index in [1.165, 1.54) is 29.4 Å². The van der Waals surface area contributed by atoms with Crippen molar-refractivity contribution in [2.75, 3.05) is 39.8 Å². The quantitative estimate of drug-likeness (QED) is 0.623. The number of likely N-dealkylation sites (N-methyl/N-ethyl adjacent to an activating group) is 1. The highest BCUT2D eigenvalue weighted by Gasteiger charge is 2.55. The number of piperidine rings is 1. The SMILES string of the molecule is CN(CC1OC=CC1=O)C(=O)CN1CC2C(CNC(=O)c3cccc(OC(F)(F)F)c3)C2C1. The van der Waals surface area contributed by atoms with Gasteiger partial charge in [0.05, 0.1) is 19.4 Å². The number of rotatable bonds is 8. The standard InChI is InChI=1S/C22H24F3N3O5/c1-27(11-19-18(29)5-6-32-19)20(30)12-28-9-16-15(17(16)10-28)8-26-21(31)13-3-2-4-14(7-13)33-22(23,24)25/h2-7,15-17,19H,8-12H2,1H3,(H,26,31). The maximum atomic E-state index is 12.4. The lowest BCUT2D eigenvalue weighted by Crippen LogP contribution is -2.43. The van der Waals surface area contributed by atoms with Crippen molar-refractivity contribution in [3.63, 3.8) is 0 Å². The van der Waals surface area contributed by atoms with Crippen LogP contribution in [0.4, 0.5) is 13.2 Å². The normalized spacial score (nSPS) is 26.0. The number of likely N-dealkylation sites (tertiary alicyclic amines) is 1. The molecule has 1 saturated carbocycles. The third kappa shape index (κ3) is 5.65. The number of hydrogen-bond donors (Lipinski definition) is 1. The molecule has 0 aromatic heterocycles. The molecule has 178 valence electrons. The van der Waals surface area contributed by atoms with Gasteiger partial charge >= 0.3 is 6.36 Å². The van der Waals surface area contributed by atoms with Gasteiger partial charge in [0.15, 0.2) is 6.10 Å². The van der Waals surface area contributed by atoms with Crippen molar-refractivity contribution in [1.29, 1.82) is 0 Å². The van der Waals surface area contributed by atoms with Crippen molar-refractivity contribution in [2.45, 2.75) is 12.5 Å². The zero-order chi connectivity index (χ0) is 23.8. The minimum atomic E-state index is -4.82. The Balaban J connectivity index is 1.18. The number of nitrogens with zero attached hydrogens (tertiary/aromatic N) is 2. The van der Waals surface area contributed by atoms with Gasteiger partial charge in [-0.25, -0.2) is 0 Å². The summed E-state index contributed by atoms with van der Waals surface area (Å²) in [6.07, 6.45) is -2.77. The molecule has 0 bridgehead atoms.